The van der Waals surface area contributed by atoms with Crippen LogP contribution in [0.3, 0.4) is 0 Å². The SMILES string of the molecule is O=C(O)C(F)(F)F.O=C(O)C(F)(F)F.c1coc(CN2CCOCC3(CC(CN4CCCC4)CO3)C2)c1. The number of nitrogens with zero attached hydrogens (tertiary/aromatic N) is 2. The Morgan fingerprint density at radius 1 is 1.00 bits per heavy atom. The summed E-state index contributed by atoms with van der Waals surface area (Å²) in [6.45, 7) is 8.87. The number of ether oxygens (including phenoxy) is 2. The van der Waals surface area contributed by atoms with E-state index in [2.05, 4.69) is 9.80 Å². The number of furan rings is 1. The van der Waals surface area contributed by atoms with Crippen LogP contribution < -0.4 is 0 Å². The van der Waals surface area contributed by atoms with E-state index in [1.807, 2.05) is 12.1 Å². The van der Waals surface area contributed by atoms with Gasteiger partial charge in [-0.15, -0.1) is 0 Å². The Labute approximate surface area is 208 Å². The molecule has 4 rings (SSSR count). The number of halogens is 6. The first-order chi connectivity index (χ1) is 17.2. The summed E-state index contributed by atoms with van der Waals surface area (Å²) < 4.78 is 81.2. The Morgan fingerprint density at radius 2 is 1.59 bits per heavy atom. The van der Waals surface area contributed by atoms with E-state index in [-0.39, 0.29) is 5.60 Å². The van der Waals surface area contributed by atoms with E-state index in [1.165, 1.54) is 32.5 Å². The topological polar surface area (TPSA) is 113 Å². The first-order valence-electron chi connectivity index (χ1n) is 11.5. The van der Waals surface area contributed by atoms with Gasteiger partial charge in [-0.05, 0) is 50.4 Å². The molecule has 0 aliphatic carbocycles. The van der Waals surface area contributed by atoms with Crippen LogP contribution in [0, 0.1) is 5.92 Å². The maximum absolute atomic E-state index is 10.6. The molecule has 15 heteroatoms. The Balaban J connectivity index is 0.000000286. The van der Waals surface area contributed by atoms with Crippen LogP contribution >= 0.6 is 0 Å². The zero-order valence-corrected chi connectivity index (χ0v) is 19.9. The maximum atomic E-state index is 10.6. The quantitative estimate of drug-likeness (QED) is 0.548. The molecule has 1 aromatic rings. The van der Waals surface area contributed by atoms with E-state index in [4.69, 9.17) is 33.7 Å². The lowest BCUT2D eigenvalue weighted by Gasteiger charge is -2.31. The fraction of sp³-hybridized carbons (Fsp3) is 0.727. The number of carboxylic acid groups (broad SMARTS) is 2. The summed E-state index contributed by atoms with van der Waals surface area (Å²) in [6, 6.07) is 4.00. The van der Waals surface area contributed by atoms with Crippen LogP contribution in [0.5, 0.6) is 0 Å². The molecule has 2 atom stereocenters. The molecule has 3 fully saturated rings. The van der Waals surface area contributed by atoms with Gasteiger partial charge in [-0.2, -0.15) is 26.3 Å². The molecule has 9 nitrogen and oxygen atoms in total. The molecular formula is C22H30F6N2O7. The van der Waals surface area contributed by atoms with E-state index >= 15 is 0 Å². The van der Waals surface area contributed by atoms with E-state index in [0.717, 1.165) is 51.6 Å². The minimum absolute atomic E-state index is 0.118. The molecule has 1 aromatic heterocycles. The number of aliphatic carboxylic acids is 2. The van der Waals surface area contributed by atoms with E-state index in [1.54, 1.807) is 6.26 Å². The molecule has 0 radical (unpaired) electrons. The predicted molar refractivity (Wildman–Crippen MR) is 115 cm³/mol. The second-order valence-corrected chi connectivity index (χ2v) is 9.02. The summed E-state index contributed by atoms with van der Waals surface area (Å²) in [5.41, 5.74) is -0.118. The van der Waals surface area contributed by atoms with Gasteiger partial charge in [0.2, 0.25) is 0 Å². The fourth-order valence-corrected chi connectivity index (χ4v) is 4.34. The monoisotopic (exact) mass is 548 g/mol. The van der Waals surface area contributed by atoms with E-state index in [0.29, 0.717) is 5.92 Å². The average molecular weight is 548 g/mol. The second-order valence-electron chi connectivity index (χ2n) is 9.02. The van der Waals surface area contributed by atoms with Gasteiger partial charge in [-0.1, -0.05) is 0 Å². The first kappa shape index (κ1) is 30.9. The molecule has 2 unspecified atom stereocenters. The smallest absolute Gasteiger partial charge is 0.475 e. The van der Waals surface area contributed by atoms with Gasteiger partial charge in [-0.25, -0.2) is 9.59 Å². The van der Waals surface area contributed by atoms with Crippen molar-refractivity contribution in [3.63, 3.8) is 0 Å². The molecule has 3 aliphatic rings. The Morgan fingerprint density at radius 3 is 2.11 bits per heavy atom. The summed E-state index contributed by atoms with van der Waals surface area (Å²) in [4.78, 5) is 22.8. The standard InChI is InChI=1S/C18H28N2O3.2C2HF3O2/c1-2-6-19(5-1)11-16-10-18(23-13-16)14-20(7-9-21-15-18)12-17-4-3-8-22-17;2*3-2(4,5)1(6)7/h3-4,8,16H,1-2,5-7,9-15H2;2*(H,6,7). The van der Waals surface area contributed by atoms with Crippen molar-refractivity contribution in [1.29, 1.82) is 0 Å². The minimum Gasteiger partial charge on any atom is -0.475 e. The van der Waals surface area contributed by atoms with Crippen LogP contribution in [-0.2, 0) is 25.6 Å². The van der Waals surface area contributed by atoms with Gasteiger partial charge in [0.25, 0.3) is 0 Å². The van der Waals surface area contributed by atoms with Gasteiger partial charge in [-0.3, -0.25) is 4.90 Å². The van der Waals surface area contributed by atoms with Crippen molar-refractivity contribution in [3.8, 4) is 0 Å². The van der Waals surface area contributed by atoms with Gasteiger partial charge in [0.15, 0.2) is 0 Å². The number of carbonyl (C=O) groups is 2. The van der Waals surface area contributed by atoms with Crippen molar-refractivity contribution in [2.24, 2.45) is 5.92 Å². The normalized spacial score (nSPS) is 25.1. The number of alkyl halides is 6. The summed E-state index contributed by atoms with van der Waals surface area (Å²) in [7, 11) is 0. The average Bonchev–Trinajstić information content (AvgIpc) is 3.52. The Hall–Kier alpha value is -2.36. The van der Waals surface area contributed by atoms with Crippen molar-refractivity contribution in [2.45, 2.75) is 43.8 Å². The number of likely N-dealkylation sites (tertiary alicyclic amines) is 1. The Bertz CT molecular complexity index is 820. The van der Waals surface area contributed by atoms with Gasteiger partial charge in [0.05, 0.1) is 32.6 Å². The zero-order valence-electron chi connectivity index (χ0n) is 19.9. The molecule has 3 aliphatic heterocycles. The van der Waals surface area contributed by atoms with Crippen LogP contribution in [0.4, 0.5) is 26.3 Å². The molecule has 212 valence electrons. The molecule has 1 spiro atoms. The number of rotatable bonds is 4. The summed E-state index contributed by atoms with van der Waals surface area (Å²) in [5.74, 6) is -3.84. The van der Waals surface area contributed by atoms with Crippen molar-refractivity contribution in [3.05, 3.63) is 24.2 Å². The summed E-state index contributed by atoms with van der Waals surface area (Å²) in [5, 5.41) is 14.2. The Kier molecular flexibility index (Phi) is 11.2. The molecule has 37 heavy (non-hydrogen) atoms. The lowest BCUT2D eigenvalue weighted by atomic mass is 9.94. The highest BCUT2D eigenvalue weighted by atomic mass is 19.4. The third kappa shape index (κ3) is 10.9. The zero-order chi connectivity index (χ0) is 27.7. The number of carboxylic acids is 2. The third-order valence-electron chi connectivity index (χ3n) is 5.87. The van der Waals surface area contributed by atoms with Crippen LogP contribution in [0.1, 0.15) is 25.0 Å². The van der Waals surface area contributed by atoms with Gasteiger partial charge < -0.3 is 29.0 Å². The van der Waals surface area contributed by atoms with Gasteiger partial charge >= 0.3 is 24.3 Å². The maximum Gasteiger partial charge on any atom is 0.490 e. The fourth-order valence-electron chi connectivity index (χ4n) is 4.34. The highest BCUT2D eigenvalue weighted by Crippen LogP contribution is 2.34. The lowest BCUT2D eigenvalue weighted by Crippen LogP contribution is -2.44. The van der Waals surface area contributed by atoms with Crippen molar-refractivity contribution in [2.75, 3.05) is 52.5 Å². The highest BCUT2D eigenvalue weighted by Gasteiger charge is 2.44. The lowest BCUT2D eigenvalue weighted by molar-refractivity contribution is -0.193. The predicted octanol–water partition coefficient (Wildman–Crippen LogP) is 3.25. The summed E-state index contributed by atoms with van der Waals surface area (Å²) >= 11 is 0. The largest absolute Gasteiger partial charge is 0.490 e. The van der Waals surface area contributed by atoms with Crippen LogP contribution in [0.15, 0.2) is 22.8 Å². The third-order valence-corrected chi connectivity index (χ3v) is 5.87. The van der Waals surface area contributed by atoms with Gasteiger partial charge in [0.1, 0.15) is 11.4 Å². The molecule has 0 saturated carbocycles. The van der Waals surface area contributed by atoms with Crippen molar-refractivity contribution >= 4 is 11.9 Å². The van der Waals surface area contributed by atoms with Crippen LogP contribution in [0.2, 0.25) is 0 Å². The molecular weight excluding hydrogens is 518 g/mol. The first-order valence-corrected chi connectivity index (χ1v) is 11.5. The molecule has 0 amide bonds. The number of hydrogen-bond donors (Lipinski definition) is 2. The van der Waals surface area contributed by atoms with Crippen LogP contribution in [-0.4, -0.2) is 102 Å². The van der Waals surface area contributed by atoms with Crippen molar-refractivity contribution in [1.82, 2.24) is 9.80 Å². The van der Waals surface area contributed by atoms with E-state index < -0.39 is 24.3 Å². The summed E-state index contributed by atoms with van der Waals surface area (Å²) in [6.07, 6.45) is -4.58. The van der Waals surface area contributed by atoms with Crippen molar-refractivity contribution < 1.29 is 60.0 Å². The minimum atomic E-state index is -5.08. The molecule has 0 aromatic carbocycles. The molecule has 2 N–H and O–H groups in total. The molecule has 3 saturated heterocycles. The highest BCUT2D eigenvalue weighted by molar-refractivity contribution is 5.73. The number of hydrogen-bond acceptors (Lipinski definition) is 7. The van der Waals surface area contributed by atoms with E-state index in [9.17, 15) is 26.3 Å². The van der Waals surface area contributed by atoms with Gasteiger partial charge in [0, 0.05) is 19.6 Å². The molecule has 0 bridgehead atoms. The molecule has 4 heterocycles. The van der Waals surface area contributed by atoms with Crippen LogP contribution in [0.25, 0.3) is 0 Å². The second kappa shape index (κ2) is 13.4.